The number of ether oxygens (including phenoxy) is 1. The Hall–Kier alpha value is -1.16. The van der Waals surface area contributed by atoms with E-state index in [2.05, 4.69) is 16.3 Å². The summed E-state index contributed by atoms with van der Waals surface area (Å²) in [4.78, 5) is 13.8. The number of thiazole rings is 1. The Morgan fingerprint density at radius 1 is 1.83 bits per heavy atom. The molecule has 0 aliphatic heterocycles. The number of hydrogen-bond donors (Lipinski definition) is 0. The van der Waals surface area contributed by atoms with Gasteiger partial charge in [0.1, 0.15) is 0 Å². The van der Waals surface area contributed by atoms with Crippen LogP contribution in [0.5, 0.6) is 0 Å². The van der Waals surface area contributed by atoms with Crippen LogP contribution in [0.25, 0.3) is 0 Å². The standard InChI is InChI=1S/C5H8O2.C3H3NS/c1-3-5(6)7-4-2;1-2-5-3-4-1/h3H,1,4H2,2H3;1-3H. The Morgan fingerprint density at radius 2 is 2.58 bits per heavy atom. The van der Waals surface area contributed by atoms with E-state index in [-0.39, 0.29) is 5.97 Å². The fourth-order valence-electron chi connectivity index (χ4n) is 0.377. The minimum Gasteiger partial charge on any atom is -0.463 e. The van der Waals surface area contributed by atoms with E-state index in [1.807, 2.05) is 5.38 Å². The number of esters is 1. The zero-order valence-corrected chi connectivity index (χ0v) is 7.71. The van der Waals surface area contributed by atoms with Crippen molar-refractivity contribution in [1.82, 2.24) is 4.98 Å². The summed E-state index contributed by atoms with van der Waals surface area (Å²) in [5, 5.41) is 1.93. The summed E-state index contributed by atoms with van der Waals surface area (Å²) in [6.07, 6.45) is 2.91. The number of carbonyl (C=O) groups is 1. The van der Waals surface area contributed by atoms with Gasteiger partial charge in [-0.05, 0) is 6.92 Å². The molecule has 0 fully saturated rings. The van der Waals surface area contributed by atoms with Crippen LogP contribution in [-0.2, 0) is 9.53 Å². The van der Waals surface area contributed by atoms with Crippen molar-refractivity contribution in [3.63, 3.8) is 0 Å². The summed E-state index contributed by atoms with van der Waals surface area (Å²) in [6, 6.07) is 0. The van der Waals surface area contributed by atoms with Gasteiger partial charge in [0, 0.05) is 17.7 Å². The lowest BCUT2D eigenvalue weighted by molar-refractivity contribution is -0.137. The molecule has 0 atom stereocenters. The maximum Gasteiger partial charge on any atom is 0.330 e. The van der Waals surface area contributed by atoms with Crippen molar-refractivity contribution < 1.29 is 9.53 Å². The van der Waals surface area contributed by atoms with Crippen LogP contribution in [0.3, 0.4) is 0 Å². The highest BCUT2D eigenvalue weighted by molar-refractivity contribution is 7.07. The van der Waals surface area contributed by atoms with E-state index in [1.54, 1.807) is 30.0 Å². The molecule has 12 heavy (non-hydrogen) atoms. The number of nitrogens with zero attached hydrogens (tertiary/aromatic N) is 1. The fraction of sp³-hybridized carbons (Fsp3) is 0.250. The summed E-state index contributed by atoms with van der Waals surface area (Å²) < 4.78 is 4.43. The quantitative estimate of drug-likeness (QED) is 0.521. The Morgan fingerprint density at radius 3 is 2.75 bits per heavy atom. The van der Waals surface area contributed by atoms with Crippen LogP contribution in [0.2, 0.25) is 0 Å². The van der Waals surface area contributed by atoms with Crippen molar-refractivity contribution >= 4 is 17.3 Å². The molecule has 1 aromatic rings. The number of hydrogen-bond acceptors (Lipinski definition) is 4. The molecular weight excluding hydrogens is 174 g/mol. The third-order valence-electron chi connectivity index (χ3n) is 0.800. The zero-order valence-electron chi connectivity index (χ0n) is 6.90. The minimum atomic E-state index is -0.359. The molecule has 3 nitrogen and oxygen atoms in total. The molecule has 1 rings (SSSR count). The van der Waals surface area contributed by atoms with Gasteiger partial charge in [0.2, 0.25) is 0 Å². The molecule has 0 saturated carbocycles. The first kappa shape index (κ1) is 10.8. The predicted octanol–water partition coefficient (Wildman–Crippen LogP) is 1.88. The Balaban J connectivity index is 0.000000211. The van der Waals surface area contributed by atoms with E-state index in [9.17, 15) is 4.79 Å². The average molecular weight is 185 g/mol. The lowest BCUT2D eigenvalue weighted by Gasteiger charge is -1.90. The van der Waals surface area contributed by atoms with Gasteiger partial charge < -0.3 is 4.74 Å². The van der Waals surface area contributed by atoms with Crippen molar-refractivity contribution in [2.75, 3.05) is 6.61 Å². The van der Waals surface area contributed by atoms with E-state index < -0.39 is 0 Å². The zero-order chi connectivity index (χ0) is 9.23. The molecule has 0 unspecified atom stereocenters. The monoisotopic (exact) mass is 185 g/mol. The van der Waals surface area contributed by atoms with Crippen LogP contribution in [0.4, 0.5) is 0 Å². The van der Waals surface area contributed by atoms with Gasteiger partial charge in [-0.2, -0.15) is 0 Å². The minimum absolute atomic E-state index is 0.359. The SMILES string of the molecule is C=CC(=O)OCC.c1cscn1. The summed E-state index contributed by atoms with van der Waals surface area (Å²) >= 11 is 1.60. The van der Waals surface area contributed by atoms with Crippen LogP contribution in [-0.4, -0.2) is 17.6 Å². The molecule has 66 valence electrons. The van der Waals surface area contributed by atoms with E-state index in [1.165, 1.54) is 0 Å². The van der Waals surface area contributed by atoms with Crippen LogP contribution < -0.4 is 0 Å². The molecule has 0 amide bonds. The largest absolute Gasteiger partial charge is 0.463 e. The molecule has 0 radical (unpaired) electrons. The number of carbonyl (C=O) groups excluding carboxylic acids is 1. The summed E-state index contributed by atoms with van der Waals surface area (Å²) in [7, 11) is 0. The van der Waals surface area contributed by atoms with Crippen LogP contribution in [0.1, 0.15) is 6.92 Å². The number of aromatic nitrogens is 1. The van der Waals surface area contributed by atoms with Crippen molar-refractivity contribution in [2.24, 2.45) is 0 Å². The van der Waals surface area contributed by atoms with Gasteiger partial charge in [-0.1, -0.05) is 6.58 Å². The molecule has 0 spiro atoms. The van der Waals surface area contributed by atoms with E-state index in [0.29, 0.717) is 6.61 Å². The molecule has 0 aliphatic rings. The first-order valence-corrected chi connectivity index (χ1v) is 4.36. The summed E-state index contributed by atoms with van der Waals surface area (Å²) in [6.45, 7) is 5.38. The smallest absolute Gasteiger partial charge is 0.330 e. The number of rotatable bonds is 2. The molecule has 4 heteroatoms. The normalized spacial score (nSPS) is 7.75. The van der Waals surface area contributed by atoms with Gasteiger partial charge in [-0.3, -0.25) is 4.98 Å². The third-order valence-corrected chi connectivity index (χ3v) is 1.32. The van der Waals surface area contributed by atoms with Crippen molar-refractivity contribution in [3.8, 4) is 0 Å². The average Bonchev–Trinajstić information content (AvgIpc) is 2.62. The van der Waals surface area contributed by atoms with Crippen molar-refractivity contribution in [2.45, 2.75) is 6.92 Å². The van der Waals surface area contributed by atoms with E-state index >= 15 is 0 Å². The van der Waals surface area contributed by atoms with Crippen molar-refractivity contribution in [1.29, 1.82) is 0 Å². The van der Waals surface area contributed by atoms with Crippen molar-refractivity contribution in [3.05, 3.63) is 29.7 Å². The molecular formula is C8H11NO2S. The summed E-state index contributed by atoms with van der Waals surface area (Å²) in [5.41, 5.74) is 1.79. The van der Waals surface area contributed by atoms with Crippen LogP contribution in [0, 0.1) is 0 Å². The van der Waals surface area contributed by atoms with Crippen LogP contribution in [0.15, 0.2) is 29.7 Å². The van der Waals surface area contributed by atoms with Gasteiger partial charge in [0.05, 0.1) is 12.1 Å². The maximum absolute atomic E-state index is 10.1. The first-order valence-electron chi connectivity index (χ1n) is 3.42. The van der Waals surface area contributed by atoms with Gasteiger partial charge in [-0.15, -0.1) is 11.3 Å². The molecule has 1 aromatic heterocycles. The Bertz CT molecular complexity index is 192. The molecule has 0 aliphatic carbocycles. The highest BCUT2D eigenvalue weighted by atomic mass is 32.1. The van der Waals surface area contributed by atoms with Gasteiger partial charge >= 0.3 is 5.97 Å². The lowest BCUT2D eigenvalue weighted by atomic mass is 10.6. The lowest BCUT2D eigenvalue weighted by Crippen LogP contribution is -1.97. The fourth-order valence-corrected chi connectivity index (χ4v) is 0.728. The van der Waals surface area contributed by atoms with Crippen LogP contribution >= 0.6 is 11.3 Å². The topological polar surface area (TPSA) is 39.2 Å². The Kier molecular flexibility index (Phi) is 7.17. The van der Waals surface area contributed by atoms with Gasteiger partial charge in [0.25, 0.3) is 0 Å². The second-order valence-corrected chi connectivity index (χ2v) is 2.39. The van der Waals surface area contributed by atoms with Gasteiger partial charge in [0.15, 0.2) is 0 Å². The second kappa shape index (κ2) is 7.94. The molecule has 0 saturated heterocycles. The Labute approximate surface area is 75.7 Å². The second-order valence-electron chi connectivity index (χ2n) is 1.63. The van der Waals surface area contributed by atoms with E-state index in [4.69, 9.17) is 0 Å². The predicted molar refractivity (Wildman–Crippen MR) is 48.9 cm³/mol. The molecule has 0 bridgehead atoms. The van der Waals surface area contributed by atoms with Gasteiger partial charge in [-0.25, -0.2) is 4.79 Å². The molecule has 1 heterocycles. The highest BCUT2D eigenvalue weighted by Gasteiger charge is 1.86. The van der Waals surface area contributed by atoms with E-state index in [0.717, 1.165) is 6.08 Å². The molecule has 0 aromatic carbocycles. The first-order chi connectivity index (χ1) is 5.81. The summed E-state index contributed by atoms with van der Waals surface area (Å²) in [5.74, 6) is -0.359. The maximum atomic E-state index is 10.1. The molecule has 0 N–H and O–H groups in total. The third kappa shape index (κ3) is 6.95. The highest BCUT2D eigenvalue weighted by Crippen LogP contribution is 1.85.